The third-order valence-corrected chi connectivity index (χ3v) is 6.00. The van der Waals surface area contributed by atoms with Crippen LogP contribution in [0.2, 0.25) is 0 Å². The van der Waals surface area contributed by atoms with Crippen molar-refractivity contribution in [2.45, 2.75) is 53.9 Å². The molecule has 0 aromatic rings. The Morgan fingerprint density at radius 2 is 1.77 bits per heavy atom. The van der Waals surface area contributed by atoms with Gasteiger partial charge in [-0.3, -0.25) is 9.59 Å². The van der Waals surface area contributed by atoms with Gasteiger partial charge >= 0.3 is 0 Å². The molecular weight excluding hydrogens is 272 g/mol. The van der Waals surface area contributed by atoms with Gasteiger partial charge in [-0.2, -0.15) is 0 Å². The monoisotopic (exact) mass is 298 g/mol. The summed E-state index contributed by atoms with van der Waals surface area (Å²) in [4.78, 5) is 25.4. The first kappa shape index (κ1) is 15.5. The lowest BCUT2D eigenvalue weighted by atomic mass is 9.51. The summed E-state index contributed by atoms with van der Waals surface area (Å²) in [5, 5.41) is 0. The average molecular weight is 298 g/mol. The lowest BCUT2D eigenvalue weighted by Crippen LogP contribution is -2.47. The Bertz CT molecular complexity index is 643. The van der Waals surface area contributed by atoms with Gasteiger partial charge in [0, 0.05) is 16.6 Å². The zero-order valence-corrected chi connectivity index (χ0v) is 14.3. The standard InChI is InChI=1S/C20H26O2/c1-12(2)14-11-13-7-8-15-19(3,4)9-6-10-20(15,5)16(13)18(22)17(14)21/h7-8,11-12,15H,6,9-10H2,1-5H3/t15-,20-/m0/s1. The molecule has 0 spiro atoms. The quantitative estimate of drug-likeness (QED) is 0.530. The van der Waals surface area contributed by atoms with Crippen molar-refractivity contribution in [3.63, 3.8) is 0 Å². The largest absolute Gasteiger partial charge is 0.285 e. The van der Waals surface area contributed by atoms with Crippen molar-refractivity contribution in [1.29, 1.82) is 0 Å². The second kappa shape index (κ2) is 4.78. The number of fused-ring (bicyclic) bond motifs is 2. The summed E-state index contributed by atoms with van der Waals surface area (Å²) in [6.07, 6.45) is 9.62. The minimum Gasteiger partial charge on any atom is -0.285 e. The SMILES string of the molecule is CC(C)C1=CC2=C(C(=O)C1=O)[C@@]1(C)CCCC(C)(C)[C@@H]1C=C2. The van der Waals surface area contributed by atoms with Crippen LogP contribution in [-0.2, 0) is 9.59 Å². The van der Waals surface area contributed by atoms with Crippen molar-refractivity contribution in [2.75, 3.05) is 0 Å². The predicted octanol–water partition coefficient (Wildman–Crippen LogP) is 4.42. The Morgan fingerprint density at radius 3 is 2.41 bits per heavy atom. The van der Waals surface area contributed by atoms with Crippen LogP contribution in [0.5, 0.6) is 0 Å². The van der Waals surface area contributed by atoms with Crippen molar-refractivity contribution < 1.29 is 9.59 Å². The van der Waals surface area contributed by atoms with Crippen LogP contribution in [0.25, 0.3) is 0 Å². The van der Waals surface area contributed by atoms with Crippen molar-refractivity contribution in [1.82, 2.24) is 0 Å². The van der Waals surface area contributed by atoms with Gasteiger partial charge in [-0.25, -0.2) is 0 Å². The van der Waals surface area contributed by atoms with Gasteiger partial charge in [-0.05, 0) is 41.7 Å². The van der Waals surface area contributed by atoms with Gasteiger partial charge in [0.15, 0.2) is 0 Å². The van der Waals surface area contributed by atoms with Gasteiger partial charge in [0.05, 0.1) is 0 Å². The fraction of sp³-hybridized carbons (Fsp3) is 0.600. The van der Waals surface area contributed by atoms with Crippen LogP contribution in [0.1, 0.15) is 53.9 Å². The van der Waals surface area contributed by atoms with E-state index < -0.39 is 0 Å². The van der Waals surface area contributed by atoms with Crippen molar-refractivity contribution >= 4 is 11.6 Å². The van der Waals surface area contributed by atoms with E-state index in [9.17, 15) is 9.59 Å². The first-order valence-corrected chi connectivity index (χ1v) is 8.42. The fourth-order valence-electron chi connectivity index (χ4n) is 4.87. The normalized spacial score (nSPS) is 33.7. The molecule has 0 aromatic heterocycles. The third-order valence-electron chi connectivity index (χ3n) is 6.00. The molecule has 118 valence electrons. The van der Waals surface area contributed by atoms with E-state index in [4.69, 9.17) is 0 Å². The van der Waals surface area contributed by atoms with E-state index in [0.29, 0.717) is 11.5 Å². The molecule has 2 atom stereocenters. The molecular formula is C20H26O2. The summed E-state index contributed by atoms with van der Waals surface area (Å²) in [6, 6.07) is 0. The number of ketones is 2. The summed E-state index contributed by atoms with van der Waals surface area (Å²) in [5.74, 6) is -0.117. The summed E-state index contributed by atoms with van der Waals surface area (Å²) in [7, 11) is 0. The van der Waals surface area contributed by atoms with E-state index in [1.54, 1.807) is 0 Å². The summed E-state index contributed by atoms with van der Waals surface area (Å²) in [6.45, 7) is 10.7. The van der Waals surface area contributed by atoms with Crippen molar-refractivity contribution in [3.05, 3.63) is 34.9 Å². The van der Waals surface area contributed by atoms with E-state index in [0.717, 1.165) is 24.0 Å². The zero-order valence-electron chi connectivity index (χ0n) is 14.3. The molecule has 1 fully saturated rings. The molecule has 1 saturated carbocycles. The molecule has 3 aliphatic carbocycles. The van der Waals surface area contributed by atoms with E-state index in [-0.39, 0.29) is 28.3 Å². The Balaban J connectivity index is 2.17. The lowest BCUT2D eigenvalue weighted by molar-refractivity contribution is -0.134. The molecule has 0 amide bonds. The van der Waals surface area contributed by atoms with Gasteiger partial charge in [0.2, 0.25) is 11.6 Å². The van der Waals surface area contributed by atoms with Crippen LogP contribution in [0.4, 0.5) is 0 Å². The minimum atomic E-state index is -0.285. The van der Waals surface area contributed by atoms with Gasteiger partial charge in [0.1, 0.15) is 0 Å². The van der Waals surface area contributed by atoms with Gasteiger partial charge in [0.25, 0.3) is 0 Å². The molecule has 0 saturated heterocycles. The van der Waals surface area contributed by atoms with E-state index in [1.165, 1.54) is 6.42 Å². The minimum absolute atomic E-state index is 0.0900. The van der Waals surface area contributed by atoms with Crippen LogP contribution in [0, 0.1) is 22.7 Å². The van der Waals surface area contributed by atoms with Crippen LogP contribution < -0.4 is 0 Å². The van der Waals surface area contributed by atoms with Gasteiger partial charge < -0.3 is 0 Å². The number of carbonyl (C=O) groups excluding carboxylic acids is 2. The number of carbonyl (C=O) groups is 2. The topological polar surface area (TPSA) is 34.1 Å². The molecule has 3 rings (SSSR count). The second-order valence-electron chi connectivity index (χ2n) is 8.34. The molecule has 0 aliphatic heterocycles. The average Bonchev–Trinajstić information content (AvgIpc) is 2.40. The highest BCUT2D eigenvalue weighted by Gasteiger charge is 2.52. The van der Waals surface area contributed by atoms with Crippen LogP contribution >= 0.6 is 0 Å². The highest BCUT2D eigenvalue weighted by molar-refractivity contribution is 6.50. The number of hydrogen-bond acceptors (Lipinski definition) is 2. The van der Waals surface area contributed by atoms with Crippen molar-refractivity contribution in [3.8, 4) is 0 Å². The lowest BCUT2D eigenvalue weighted by Gasteiger charge is -2.52. The van der Waals surface area contributed by atoms with Gasteiger partial charge in [-0.1, -0.05) is 53.2 Å². The highest BCUT2D eigenvalue weighted by Crippen LogP contribution is 2.58. The van der Waals surface area contributed by atoms with E-state index >= 15 is 0 Å². The van der Waals surface area contributed by atoms with Crippen molar-refractivity contribution in [2.24, 2.45) is 22.7 Å². The van der Waals surface area contributed by atoms with Crippen LogP contribution in [0.3, 0.4) is 0 Å². The smallest absolute Gasteiger partial charge is 0.230 e. The number of hydrogen-bond donors (Lipinski definition) is 0. The molecule has 22 heavy (non-hydrogen) atoms. The number of allylic oxidation sites excluding steroid dienone is 6. The molecule has 0 radical (unpaired) electrons. The molecule has 0 aromatic carbocycles. The maximum atomic E-state index is 12.9. The Morgan fingerprint density at radius 1 is 1.09 bits per heavy atom. The Labute approximate surface area is 133 Å². The number of Topliss-reactive ketones (excluding diaryl/α,β-unsaturated/α-hetero) is 2. The molecule has 2 nitrogen and oxygen atoms in total. The van der Waals surface area contributed by atoms with Crippen LogP contribution in [0.15, 0.2) is 34.9 Å². The molecule has 0 heterocycles. The highest BCUT2D eigenvalue weighted by atomic mass is 16.2. The maximum absolute atomic E-state index is 12.9. The van der Waals surface area contributed by atoms with E-state index in [2.05, 4.69) is 32.9 Å². The fourth-order valence-corrected chi connectivity index (χ4v) is 4.87. The van der Waals surface area contributed by atoms with Gasteiger partial charge in [-0.15, -0.1) is 0 Å². The first-order chi connectivity index (χ1) is 10.2. The molecule has 3 aliphatic rings. The third kappa shape index (κ3) is 2.00. The summed E-state index contributed by atoms with van der Waals surface area (Å²) in [5.41, 5.74) is 2.39. The molecule has 2 heteroatoms. The molecule has 0 unspecified atom stereocenters. The summed E-state index contributed by atoms with van der Waals surface area (Å²) >= 11 is 0. The number of rotatable bonds is 1. The predicted molar refractivity (Wildman–Crippen MR) is 88.3 cm³/mol. The maximum Gasteiger partial charge on any atom is 0.230 e. The van der Waals surface area contributed by atoms with E-state index in [1.807, 2.05) is 19.9 Å². The zero-order chi connectivity index (χ0) is 16.3. The summed E-state index contributed by atoms with van der Waals surface area (Å²) < 4.78 is 0. The Hall–Kier alpha value is -1.44. The Kier molecular flexibility index (Phi) is 3.36. The first-order valence-electron chi connectivity index (χ1n) is 8.42. The molecule has 0 N–H and O–H groups in total. The molecule has 0 bridgehead atoms. The second-order valence-corrected chi connectivity index (χ2v) is 8.34. The van der Waals surface area contributed by atoms with Crippen LogP contribution in [-0.4, -0.2) is 11.6 Å².